The van der Waals surface area contributed by atoms with Gasteiger partial charge < -0.3 is 18.9 Å². The maximum Gasteiger partial charge on any atom is 0.297 e. The molecule has 250 valence electrons. The molecule has 0 radical (unpaired) electrons. The molecule has 0 N–H and O–H groups in total. The Kier molecular flexibility index (Phi) is 22.4. The predicted octanol–water partition coefficient (Wildman–Crippen LogP) is 8.91. The Morgan fingerprint density at radius 3 is 1.88 bits per heavy atom. The number of unbranched alkanes of at least 4 members (excludes halogenated alkanes) is 15. The summed E-state index contributed by atoms with van der Waals surface area (Å²) in [5, 5.41) is 0. The van der Waals surface area contributed by atoms with Gasteiger partial charge in [0.15, 0.2) is 6.29 Å². The third-order valence-electron chi connectivity index (χ3n) is 8.04. The van der Waals surface area contributed by atoms with Crippen LogP contribution in [0.2, 0.25) is 0 Å². The Morgan fingerprint density at radius 1 is 0.744 bits per heavy atom. The molecule has 0 aliphatic carbocycles. The highest BCUT2D eigenvalue weighted by molar-refractivity contribution is 7.86. The SMILES string of the molecule is CCCCCCCCCCCCCCCCCCOC[C@H](COC1CCCCO1)OCCOS(=O)(=O)c1ccc(C)cc1. The molecule has 1 aromatic carbocycles. The van der Waals surface area contributed by atoms with Crippen LogP contribution in [0.4, 0.5) is 0 Å². The molecule has 0 amide bonds. The van der Waals surface area contributed by atoms with E-state index in [0.29, 0.717) is 19.8 Å². The van der Waals surface area contributed by atoms with Crippen molar-refractivity contribution in [3.05, 3.63) is 29.8 Å². The maximum absolute atomic E-state index is 12.4. The van der Waals surface area contributed by atoms with Crippen LogP contribution in [0.1, 0.15) is 134 Å². The van der Waals surface area contributed by atoms with Gasteiger partial charge >= 0.3 is 0 Å². The fourth-order valence-electron chi connectivity index (χ4n) is 5.30. The lowest BCUT2D eigenvalue weighted by Crippen LogP contribution is -2.32. The summed E-state index contributed by atoms with van der Waals surface area (Å²) in [6.45, 7) is 6.41. The molecule has 7 nitrogen and oxygen atoms in total. The van der Waals surface area contributed by atoms with Gasteiger partial charge in [-0.3, -0.25) is 4.18 Å². The Labute approximate surface area is 263 Å². The van der Waals surface area contributed by atoms with E-state index in [1.54, 1.807) is 24.3 Å². The van der Waals surface area contributed by atoms with Gasteiger partial charge in [0, 0.05) is 13.2 Å². The lowest BCUT2D eigenvalue weighted by molar-refractivity contribution is -0.185. The molecule has 1 aliphatic rings. The average Bonchev–Trinajstić information content (AvgIpc) is 3.01. The molecule has 0 saturated carbocycles. The van der Waals surface area contributed by atoms with Crippen molar-refractivity contribution in [3.63, 3.8) is 0 Å². The van der Waals surface area contributed by atoms with Crippen molar-refractivity contribution < 1.29 is 31.5 Å². The van der Waals surface area contributed by atoms with E-state index in [2.05, 4.69) is 6.92 Å². The molecule has 2 atom stereocenters. The fraction of sp³-hybridized carbons (Fsp3) is 0.829. The van der Waals surface area contributed by atoms with Gasteiger partial charge in [-0.15, -0.1) is 0 Å². The van der Waals surface area contributed by atoms with Gasteiger partial charge in [0.25, 0.3) is 10.1 Å². The predicted molar refractivity (Wildman–Crippen MR) is 174 cm³/mol. The van der Waals surface area contributed by atoms with E-state index in [4.69, 9.17) is 23.1 Å². The van der Waals surface area contributed by atoms with E-state index >= 15 is 0 Å². The van der Waals surface area contributed by atoms with Crippen molar-refractivity contribution >= 4 is 10.1 Å². The van der Waals surface area contributed by atoms with Gasteiger partial charge in [-0.05, 0) is 44.7 Å². The first-order chi connectivity index (χ1) is 21.0. The van der Waals surface area contributed by atoms with Gasteiger partial charge in [0.1, 0.15) is 6.10 Å². The summed E-state index contributed by atoms with van der Waals surface area (Å²) in [5.41, 5.74) is 0.992. The van der Waals surface area contributed by atoms with Crippen LogP contribution >= 0.6 is 0 Å². The Hall–Kier alpha value is -1.03. The third kappa shape index (κ3) is 19.9. The van der Waals surface area contributed by atoms with Crippen LogP contribution in [0.15, 0.2) is 29.2 Å². The second kappa shape index (κ2) is 25.2. The topological polar surface area (TPSA) is 80.3 Å². The normalized spacial score (nSPS) is 16.5. The van der Waals surface area contributed by atoms with Gasteiger partial charge in [0.2, 0.25) is 0 Å². The number of hydrogen-bond acceptors (Lipinski definition) is 7. The van der Waals surface area contributed by atoms with Crippen LogP contribution in [0, 0.1) is 6.92 Å². The number of rotatable bonds is 28. The van der Waals surface area contributed by atoms with Crippen molar-refractivity contribution in [1.29, 1.82) is 0 Å². The van der Waals surface area contributed by atoms with Crippen LogP contribution in [0.3, 0.4) is 0 Å². The van der Waals surface area contributed by atoms with E-state index in [9.17, 15) is 8.42 Å². The summed E-state index contributed by atoms with van der Waals surface area (Å²) in [6.07, 6.45) is 24.1. The summed E-state index contributed by atoms with van der Waals surface area (Å²) in [4.78, 5) is 0.148. The molecule has 43 heavy (non-hydrogen) atoms. The molecule has 0 bridgehead atoms. The summed E-state index contributed by atoms with van der Waals surface area (Å²) < 4.78 is 53.5. The van der Waals surface area contributed by atoms with Crippen LogP contribution in [-0.2, 0) is 33.2 Å². The summed E-state index contributed by atoms with van der Waals surface area (Å²) in [6, 6.07) is 6.62. The van der Waals surface area contributed by atoms with Gasteiger partial charge in [-0.2, -0.15) is 8.42 Å². The van der Waals surface area contributed by atoms with Crippen molar-refractivity contribution in [3.8, 4) is 0 Å². The zero-order valence-electron chi connectivity index (χ0n) is 27.4. The van der Waals surface area contributed by atoms with Crippen LogP contribution in [-0.4, -0.2) is 60.5 Å². The highest BCUT2D eigenvalue weighted by Gasteiger charge is 2.19. The smallest absolute Gasteiger partial charge is 0.297 e. The fourth-order valence-corrected chi connectivity index (χ4v) is 6.19. The first kappa shape index (κ1) is 38.2. The third-order valence-corrected chi connectivity index (χ3v) is 9.36. The van der Waals surface area contributed by atoms with Crippen molar-refractivity contribution in [1.82, 2.24) is 0 Å². The number of hydrogen-bond donors (Lipinski definition) is 0. The van der Waals surface area contributed by atoms with Crippen LogP contribution < -0.4 is 0 Å². The second-order valence-electron chi connectivity index (χ2n) is 12.1. The van der Waals surface area contributed by atoms with Gasteiger partial charge in [-0.25, -0.2) is 0 Å². The van der Waals surface area contributed by atoms with Crippen molar-refractivity contribution in [2.24, 2.45) is 0 Å². The van der Waals surface area contributed by atoms with E-state index in [-0.39, 0.29) is 30.5 Å². The lowest BCUT2D eigenvalue weighted by atomic mass is 10.0. The van der Waals surface area contributed by atoms with E-state index in [0.717, 1.165) is 37.9 Å². The molecular weight excluding hydrogens is 564 g/mol. The second-order valence-corrected chi connectivity index (χ2v) is 13.7. The van der Waals surface area contributed by atoms with Crippen LogP contribution in [0.5, 0.6) is 0 Å². The van der Waals surface area contributed by atoms with E-state index < -0.39 is 10.1 Å². The average molecular weight is 627 g/mol. The quantitative estimate of drug-likeness (QED) is 0.0679. The minimum Gasteiger partial charge on any atom is -0.379 e. The molecule has 1 aliphatic heterocycles. The standard InChI is InChI=1S/C35H62O7S/c1-3-4-5-6-7-8-9-10-11-12-13-14-15-16-17-19-26-38-30-33(31-41-35-21-18-20-27-40-35)39-28-29-42-43(36,37)34-24-22-32(2)23-25-34/h22-25,33,35H,3-21,26-31H2,1-2H3/t33-,35?/m1/s1. The lowest BCUT2D eigenvalue weighted by Gasteiger charge is -2.25. The van der Waals surface area contributed by atoms with Crippen molar-refractivity contribution in [2.45, 2.75) is 153 Å². The van der Waals surface area contributed by atoms with E-state index in [1.165, 1.54) is 96.3 Å². The molecule has 1 heterocycles. The molecule has 0 aromatic heterocycles. The molecule has 1 unspecified atom stereocenters. The first-order valence-electron chi connectivity index (χ1n) is 17.4. The number of benzene rings is 1. The molecule has 1 aromatic rings. The molecule has 8 heteroatoms. The minimum absolute atomic E-state index is 0.0637. The molecular formula is C35H62O7S. The van der Waals surface area contributed by atoms with E-state index in [1.807, 2.05) is 6.92 Å². The highest BCUT2D eigenvalue weighted by atomic mass is 32.2. The minimum atomic E-state index is -3.81. The Bertz CT molecular complexity index is 869. The zero-order chi connectivity index (χ0) is 30.9. The summed E-state index contributed by atoms with van der Waals surface area (Å²) >= 11 is 0. The number of aryl methyl sites for hydroxylation is 1. The van der Waals surface area contributed by atoms with Crippen LogP contribution in [0.25, 0.3) is 0 Å². The molecule has 1 saturated heterocycles. The Balaban J connectivity index is 1.51. The largest absolute Gasteiger partial charge is 0.379 e. The highest BCUT2D eigenvalue weighted by Crippen LogP contribution is 2.16. The summed E-state index contributed by atoms with van der Waals surface area (Å²) in [7, 11) is -3.81. The van der Waals surface area contributed by atoms with Gasteiger partial charge in [-0.1, -0.05) is 121 Å². The zero-order valence-corrected chi connectivity index (χ0v) is 28.2. The van der Waals surface area contributed by atoms with Gasteiger partial charge in [0.05, 0.1) is 31.3 Å². The van der Waals surface area contributed by atoms with Crippen molar-refractivity contribution in [2.75, 3.05) is 39.6 Å². The Morgan fingerprint density at radius 2 is 1.33 bits per heavy atom. The molecule has 2 rings (SSSR count). The maximum atomic E-state index is 12.4. The number of ether oxygens (including phenoxy) is 4. The molecule has 1 fully saturated rings. The monoisotopic (exact) mass is 626 g/mol. The summed E-state index contributed by atoms with van der Waals surface area (Å²) in [5.74, 6) is 0. The molecule has 0 spiro atoms. The first-order valence-corrected chi connectivity index (χ1v) is 18.8.